The van der Waals surface area contributed by atoms with Crippen molar-refractivity contribution < 1.29 is 4.79 Å². The van der Waals surface area contributed by atoms with Gasteiger partial charge in [-0.1, -0.05) is 44.2 Å². The third-order valence-corrected chi connectivity index (χ3v) is 4.58. The summed E-state index contributed by atoms with van der Waals surface area (Å²) in [6.45, 7) is 4.35. The molecule has 2 nitrogen and oxygen atoms in total. The largest absolute Gasteiger partial charge is 0.314 e. The lowest BCUT2D eigenvalue weighted by molar-refractivity contribution is -0.121. The lowest BCUT2D eigenvalue weighted by atomic mass is 9.78. The molecule has 0 N–H and O–H groups in total. The number of allylic oxidation sites excluding steroid dienone is 3. The normalized spacial score (nSPS) is 25.4. The van der Waals surface area contributed by atoms with E-state index in [0.29, 0.717) is 5.92 Å². The smallest absolute Gasteiger partial charge is 0.233 e. The molecule has 0 spiro atoms. The first-order valence-corrected chi connectivity index (χ1v) is 7.42. The van der Waals surface area contributed by atoms with Crippen molar-refractivity contribution in [2.75, 3.05) is 11.9 Å². The standard InChI is InChI=1S/C18H21NO/c1-4-13-17-12(2)8-7-10-15(17)14-9-5-6-11-16(14)19(3)18(13)20/h5-7,9-13H,4,8H2,1-3H3/t12?,13-/m0/s1. The second-order valence-electron chi connectivity index (χ2n) is 5.78. The van der Waals surface area contributed by atoms with Gasteiger partial charge in [-0.15, -0.1) is 0 Å². The van der Waals surface area contributed by atoms with Crippen LogP contribution < -0.4 is 4.90 Å². The molecule has 1 heterocycles. The number of carbonyl (C=O) groups excluding carboxylic acids is 1. The molecule has 0 saturated carbocycles. The molecule has 1 aliphatic heterocycles. The van der Waals surface area contributed by atoms with Crippen LogP contribution in [0.4, 0.5) is 5.69 Å². The van der Waals surface area contributed by atoms with Crippen LogP contribution in [-0.2, 0) is 4.79 Å². The van der Waals surface area contributed by atoms with E-state index in [4.69, 9.17) is 0 Å². The van der Waals surface area contributed by atoms with Crippen molar-refractivity contribution in [2.45, 2.75) is 26.7 Å². The maximum Gasteiger partial charge on any atom is 0.233 e. The van der Waals surface area contributed by atoms with E-state index in [1.807, 2.05) is 24.1 Å². The maximum atomic E-state index is 12.8. The lowest BCUT2D eigenvalue weighted by Gasteiger charge is -2.27. The summed E-state index contributed by atoms with van der Waals surface area (Å²) in [6.07, 6.45) is 6.36. The Kier molecular flexibility index (Phi) is 3.25. The van der Waals surface area contributed by atoms with Crippen molar-refractivity contribution in [3.05, 3.63) is 47.6 Å². The van der Waals surface area contributed by atoms with E-state index in [0.717, 1.165) is 18.5 Å². The van der Waals surface area contributed by atoms with Crippen LogP contribution in [0.1, 0.15) is 32.3 Å². The van der Waals surface area contributed by atoms with Gasteiger partial charge >= 0.3 is 0 Å². The Morgan fingerprint density at radius 1 is 1.30 bits per heavy atom. The van der Waals surface area contributed by atoms with Crippen molar-refractivity contribution in [3.8, 4) is 0 Å². The summed E-state index contributed by atoms with van der Waals surface area (Å²) >= 11 is 0. The molecule has 1 aromatic carbocycles. The number of rotatable bonds is 1. The number of anilines is 1. The van der Waals surface area contributed by atoms with E-state index >= 15 is 0 Å². The molecule has 1 aromatic rings. The number of amides is 1. The fraction of sp³-hybridized carbons (Fsp3) is 0.389. The Morgan fingerprint density at radius 3 is 2.80 bits per heavy atom. The Bertz CT molecular complexity index is 612. The summed E-state index contributed by atoms with van der Waals surface area (Å²) in [5.74, 6) is 0.693. The SMILES string of the molecule is CC[C@@H]1C(=O)N(C)c2ccccc2C2=C1C(C)CC=C2. The highest BCUT2D eigenvalue weighted by atomic mass is 16.2. The van der Waals surface area contributed by atoms with Gasteiger partial charge in [0.05, 0.1) is 11.6 Å². The molecule has 1 aliphatic carbocycles. The number of benzene rings is 1. The zero-order valence-corrected chi connectivity index (χ0v) is 12.4. The number of nitrogens with zero attached hydrogens (tertiary/aromatic N) is 1. The first kappa shape index (κ1) is 13.2. The molecule has 2 atom stereocenters. The molecule has 0 fully saturated rings. The molecule has 0 saturated heterocycles. The van der Waals surface area contributed by atoms with E-state index in [9.17, 15) is 4.79 Å². The van der Waals surface area contributed by atoms with Crippen LogP contribution >= 0.6 is 0 Å². The predicted molar refractivity (Wildman–Crippen MR) is 83.5 cm³/mol. The van der Waals surface area contributed by atoms with Crippen molar-refractivity contribution >= 4 is 17.2 Å². The third kappa shape index (κ3) is 1.82. The first-order chi connectivity index (χ1) is 9.65. The minimum atomic E-state index is 0.0161. The zero-order chi connectivity index (χ0) is 14.3. The first-order valence-electron chi connectivity index (χ1n) is 7.42. The maximum absolute atomic E-state index is 12.8. The summed E-state index contributed by atoms with van der Waals surface area (Å²) in [7, 11) is 1.90. The fourth-order valence-electron chi connectivity index (χ4n) is 3.53. The van der Waals surface area contributed by atoms with Crippen molar-refractivity contribution in [3.63, 3.8) is 0 Å². The summed E-state index contributed by atoms with van der Waals surface area (Å²) in [5.41, 5.74) is 4.82. The van der Waals surface area contributed by atoms with Crippen molar-refractivity contribution in [1.29, 1.82) is 0 Å². The highest BCUT2D eigenvalue weighted by molar-refractivity contribution is 6.04. The van der Waals surface area contributed by atoms with E-state index in [1.54, 1.807) is 0 Å². The highest BCUT2D eigenvalue weighted by Gasteiger charge is 2.35. The quantitative estimate of drug-likeness (QED) is 0.752. The molecule has 0 aromatic heterocycles. The summed E-state index contributed by atoms with van der Waals surface area (Å²) in [5, 5.41) is 0. The van der Waals surface area contributed by atoms with E-state index in [2.05, 4.69) is 38.1 Å². The Labute approximate surface area is 120 Å². The lowest BCUT2D eigenvalue weighted by Crippen LogP contribution is -2.33. The van der Waals surface area contributed by atoms with Crippen LogP contribution in [0.5, 0.6) is 0 Å². The Balaban J connectivity index is 2.30. The molecule has 2 aliphatic rings. The van der Waals surface area contributed by atoms with Crippen molar-refractivity contribution in [1.82, 2.24) is 0 Å². The van der Waals surface area contributed by atoms with Crippen LogP contribution in [-0.4, -0.2) is 13.0 Å². The van der Waals surface area contributed by atoms with Gasteiger partial charge in [0.15, 0.2) is 0 Å². The van der Waals surface area contributed by atoms with E-state index < -0.39 is 0 Å². The van der Waals surface area contributed by atoms with E-state index in [-0.39, 0.29) is 11.8 Å². The van der Waals surface area contributed by atoms with Crippen LogP contribution in [0.3, 0.4) is 0 Å². The average Bonchev–Trinajstić information content (AvgIpc) is 2.56. The summed E-state index contributed by atoms with van der Waals surface area (Å²) in [4.78, 5) is 14.6. The van der Waals surface area contributed by atoms with E-state index in [1.165, 1.54) is 16.7 Å². The average molecular weight is 267 g/mol. The molecule has 1 amide bonds. The van der Waals surface area contributed by atoms with Crippen LogP contribution in [0, 0.1) is 11.8 Å². The third-order valence-electron chi connectivity index (χ3n) is 4.58. The predicted octanol–water partition coefficient (Wildman–Crippen LogP) is 4.04. The highest BCUT2D eigenvalue weighted by Crippen LogP contribution is 2.43. The molecule has 20 heavy (non-hydrogen) atoms. The van der Waals surface area contributed by atoms with Crippen LogP contribution in [0.2, 0.25) is 0 Å². The van der Waals surface area contributed by atoms with Gasteiger partial charge in [-0.2, -0.15) is 0 Å². The monoisotopic (exact) mass is 267 g/mol. The van der Waals surface area contributed by atoms with Crippen LogP contribution in [0.25, 0.3) is 5.57 Å². The summed E-state index contributed by atoms with van der Waals surface area (Å²) in [6, 6.07) is 8.24. The second-order valence-corrected chi connectivity index (χ2v) is 5.78. The van der Waals surface area contributed by atoms with Gasteiger partial charge < -0.3 is 4.90 Å². The minimum absolute atomic E-state index is 0.0161. The summed E-state index contributed by atoms with van der Waals surface area (Å²) < 4.78 is 0. The van der Waals surface area contributed by atoms with Crippen molar-refractivity contribution in [2.24, 2.45) is 11.8 Å². The number of para-hydroxylation sites is 1. The molecular formula is C18H21NO. The van der Waals surface area contributed by atoms with Gasteiger partial charge in [0.2, 0.25) is 5.91 Å². The zero-order valence-electron chi connectivity index (χ0n) is 12.4. The Hall–Kier alpha value is -1.83. The van der Waals surface area contributed by atoms with Gasteiger partial charge in [0.1, 0.15) is 0 Å². The van der Waals surface area contributed by atoms with Gasteiger partial charge in [-0.25, -0.2) is 0 Å². The number of hydrogen-bond acceptors (Lipinski definition) is 1. The fourth-order valence-corrected chi connectivity index (χ4v) is 3.53. The molecule has 2 heteroatoms. The second kappa shape index (κ2) is 4.93. The minimum Gasteiger partial charge on any atom is -0.314 e. The molecular weight excluding hydrogens is 246 g/mol. The molecule has 104 valence electrons. The van der Waals surface area contributed by atoms with Gasteiger partial charge in [-0.05, 0) is 36.0 Å². The molecule has 1 unspecified atom stereocenters. The van der Waals surface area contributed by atoms with Crippen LogP contribution in [0.15, 0.2) is 42.0 Å². The Morgan fingerprint density at radius 2 is 2.05 bits per heavy atom. The molecule has 3 rings (SSSR count). The van der Waals surface area contributed by atoms with Gasteiger partial charge in [0, 0.05) is 12.6 Å². The number of hydrogen-bond donors (Lipinski definition) is 0. The molecule has 0 radical (unpaired) electrons. The molecule has 0 bridgehead atoms. The van der Waals surface area contributed by atoms with Gasteiger partial charge in [0.25, 0.3) is 0 Å². The topological polar surface area (TPSA) is 20.3 Å². The number of carbonyl (C=O) groups is 1. The number of fused-ring (bicyclic) bond motifs is 2. The van der Waals surface area contributed by atoms with Gasteiger partial charge in [-0.3, -0.25) is 4.79 Å².